The van der Waals surface area contributed by atoms with Crippen LogP contribution in [0, 0.1) is 0 Å². The van der Waals surface area contributed by atoms with Gasteiger partial charge < -0.3 is 14.5 Å². The van der Waals surface area contributed by atoms with Crippen LogP contribution in [0.2, 0.25) is 0 Å². The second-order valence-corrected chi connectivity index (χ2v) is 6.68. The monoisotopic (exact) mass is 376 g/mol. The first-order chi connectivity index (χ1) is 12.4. The number of nitrogens with zero attached hydrogens (tertiary/aromatic N) is 3. The minimum absolute atomic E-state index is 0.101. The smallest absolute Gasteiger partial charge is 0.325 e. The van der Waals surface area contributed by atoms with Gasteiger partial charge in [-0.15, -0.1) is 0 Å². The number of ether oxygens (including phenoxy) is 1. The van der Waals surface area contributed by atoms with E-state index in [2.05, 4.69) is 15.4 Å². The third-order valence-corrected chi connectivity index (χ3v) is 4.54. The molecule has 0 aliphatic heterocycles. The molecule has 0 aliphatic carbocycles. The average molecular weight is 376 g/mol. The van der Waals surface area contributed by atoms with Crippen LogP contribution in [0.1, 0.15) is 41.0 Å². The molecule has 1 amide bonds. The van der Waals surface area contributed by atoms with Crippen molar-refractivity contribution in [2.75, 3.05) is 6.54 Å². The molecule has 0 bridgehead atoms. The van der Waals surface area contributed by atoms with Gasteiger partial charge >= 0.3 is 5.97 Å². The van der Waals surface area contributed by atoms with Crippen LogP contribution in [-0.2, 0) is 16.1 Å². The molecule has 26 heavy (non-hydrogen) atoms. The van der Waals surface area contributed by atoms with Gasteiger partial charge in [0.05, 0.1) is 12.0 Å². The summed E-state index contributed by atoms with van der Waals surface area (Å²) >= 11 is 1.31. The van der Waals surface area contributed by atoms with E-state index in [4.69, 9.17) is 9.15 Å². The number of hydrogen-bond acceptors (Lipinski definition) is 8. The van der Waals surface area contributed by atoms with Crippen LogP contribution >= 0.6 is 11.3 Å². The van der Waals surface area contributed by atoms with E-state index in [9.17, 15) is 14.4 Å². The molecule has 0 unspecified atom stereocenters. The Morgan fingerprint density at radius 1 is 1.42 bits per heavy atom. The number of amides is 1. The van der Waals surface area contributed by atoms with E-state index in [1.807, 2.05) is 13.8 Å². The van der Waals surface area contributed by atoms with Gasteiger partial charge in [-0.2, -0.15) is 9.61 Å². The third kappa shape index (κ3) is 3.97. The van der Waals surface area contributed by atoms with E-state index < -0.39 is 11.9 Å². The van der Waals surface area contributed by atoms with E-state index in [1.54, 1.807) is 6.07 Å². The van der Waals surface area contributed by atoms with Crippen molar-refractivity contribution in [3.8, 4) is 0 Å². The Bertz CT molecular complexity index is 990. The Labute approximate surface area is 151 Å². The summed E-state index contributed by atoms with van der Waals surface area (Å²) in [6.45, 7) is 3.46. The van der Waals surface area contributed by atoms with Crippen molar-refractivity contribution < 1.29 is 18.7 Å². The summed E-state index contributed by atoms with van der Waals surface area (Å²) in [6, 6.07) is 4.32. The van der Waals surface area contributed by atoms with Gasteiger partial charge in [0.25, 0.3) is 11.5 Å². The van der Waals surface area contributed by atoms with Crippen LogP contribution in [0.5, 0.6) is 0 Å². The molecule has 9 nitrogen and oxygen atoms in total. The van der Waals surface area contributed by atoms with Crippen LogP contribution in [-0.4, -0.2) is 33.0 Å². The zero-order chi connectivity index (χ0) is 18.7. The van der Waals surface area contributed by atoms with Crippen molar-refractivity contribution in [3.63, 3.8) is 0 Å². The second kappa shape index (κ2) is 7.48. The summed E-state index contributed by atoms with van der Waals surface area (Å²) in [5.41, 5.74) is -0.0185. The predicted molar refractivity (Wildman–Crippen MR) is 92.1 cm³/mol. The van der Waals surface area contributed by atoms with Crippen molar-refractivity contribution in [3.05, 3.63) is 51.3 Å². The van der Waals surface area contributed by atoms with Crippen LogP contribution in [0.25, 0.3) is 4.96 Å². The Kier molecular flexibility index (Phi) is 5.12. The standard InChI is InChI=1S/C16H16N4O5S/c1-9(2)15-19-20-12(21)6-10(18-16(20)26-15)8-25-13(22)7-17-14(23)11-4-3-5-24-11/h3-6,9H,7-8H2,1-2H3,(H,17,23). The molecule has 0 fully saturated rings. The summed E-state index contributed by atoms with van der Waals surface area (Å²) in [6.07, 6.45) is 1.36. The largest absolute Gasteiger partial charge is 0.459 e. The molecule has 3 aromatic heterocycles. The lowest BCUT2D eigenvalue weighted by atomic mass is 10.2. The topological polar surface area (TPSA) is 116 Å². The number of esters is 1. The van der Waals surface area contributed by atoms with Crippen LogP contribution < -0.4 is 10.9 Å². The molecule has 3 heterocycles. The summed E-state index contributed by atoms with van der Waals surface area (Å²) < 4.78 is 11.2. The Morgan fingerprint density at radius 3 is 2.92 bits per heavy atom. The normalized spacial score (nSPS) is 11.0. The van der Waals surface area contributed by atoms with Gasteiger partial charge in [-0.1, -0.05) is 25.2 Å². The van der Waals surface area contributed by atoms with Gasteiger partial charge in [0.2, 0.25) is 4.96 Å². The molecule has 3 aromatic rings. The maximum atomic E-state index is 12.1. The molecule has 0 radical (unpaired) electrons. The van der Waals surface area contributed by atoms with E-state index in [1.165, 1.54) is 34.2 Å². The van der Waals surface area contributed by atoms with Crippen LogP contribution in [0.3, 0.4) is 0 Å². The van der Waals surface area contributed by atoms with Crippen molar-refractivity contribution in [1.82, 2.24) is 19.9 Å². The summed E-state index contributed by atoms with van der Waals surface area (Å²) in [7, 11) is 0. The molecule has 1 N–H and O–H groups in total. The zero-order valence-corrected chi connectivity index (χ0v) is 14.9. The van der Waals surface area contributed by atoms with E-state index in [-0.39, 0.29) is 30.4 Å². The van der Waals surface area contributed by atoms with Gasteiger partial charge in [-0.3, -0.25) is 14.4 Å². The summed E-state index contributed by atoms with van der Waals surface area (Å²) in [5.74, 6) is -0.890. The van der Waals surface area contributed by atoms with Gasteiger partial charge in [-0.05, 0) is 12.1 Å². The fourth-order valence-corrected chi connectivity index (χ4v) is 2.96. The second-order valence-electron chi connectivity index (χ2n) is 5.70. The number of hydrogen-bond donors (Lipinski definition) is 1. The fourth-order valence-electron chi connectivity index (χ4n) is 2.03. The van der Waals surface area contributed by atoms with Gasteiger partial charge in [0.1, 0.15) is 18.2 Å². The highest BCUT2D eigenvalue weighted by Gasteiger charge is 2.14. The minimum Gasteiger partial charge on any atom is -0.459 e. The van der Waals surface area contributed by atoms with Gasteiger partial charge in [0, 0.05) is 12.0 Å². The SMILES string of the molecule is CC(C)c1nn2c(=O)cc(COC(=O)CNC(=O)c3ccco3)nc2s1. The Hall–Kier alpha value is -3.01. The molecule has 3 rings (SSSR count). The molecule has 10 heteroatoms. The fraction of sp³-hybridized carbons (Fsp3) is 0.312. The van der Waals surface area contributed by atoms with Crippen molar-refractivity contribution >= 4 is 28.2 Å². The number of carbonyl (C=O) groups is 2. The quantitative estimate of drug-likeness (QED) is 0.645. The maximum absolute atomic E-state index is 12.1. The molecule has 136 valence electrons. The number of carbonyl (C=O) groups excluding carboxylic acids is 2. The molecule has 0 spiro atoms. The zero-order valence-electron chi connectivity index (χ0n) is 14.1. The van der Waals surface area contributed by atoms with Crippen LogP contribution in [0.4, 0.5) is 0 Å². The van der Waals surface area contributed by atoms with E-state index >= 15 is 0 Å². The first kappa shape index (κ1) is 17.8. The van der Waals surface area contributed by atoms with Crippen molar-refractivity contribution in [1.29, 1.82) is 0 Å². The van der Waals surface area contributed by atoms with E-state index in [0.29, 0.717) is 10.7 Å². The molecule has 0 aliphatic rings. The number of furan rings is 1. The molecule has 0 atom stereocenters. The average Bonchev–Trinajstić information content (AvgIpc) is 3.27. The molecular formula is C16H16N4O5S. The molecule has 0 saturated heterocycles. The lowest BCUT2D eigenvalue weighted by Gasteiger charge is -2.05. The minimum atomic E-state index is -0.654. The van der Waals surface area contributed by atoms with Gasteiger partial charge in [-0.25, -0.2) is 4.98 Å². The summed E-state index contributed by atoms with van der Waals surface area (Å²) in [5, 5.41) is 7.39. The highest BCUT2D eigenvalue weighted by atomic mass is 32.1. The first-order valence-corrected chi connectivity index (χ1v) is 8.62. The molecule has 0 saturated carbocycles. The Balaban J connectivity index is 1.59. The highest BCUT2D eigenvalue weighted by molar-refractivity contribution is 7.16. The van der Waals surface area contributed by atoms with Crippen molar-refractivity contribution in [2.45, 2.75) is 26.4 Å². The molecule has 0 aromatic carbocycles. The Morgan fingerprint density at radius 2 is 2.23 bits per heavy atom. The number of nitrogens with one attached hydrogen (secondary N) is 1. The third-order valence-electron chi connectivity index (χ3n) is 3.33. The lowest BCUT2D eigenvalue weighted by Crippen LogP contribution is -2.30. The van der Waals surface area contributed by atoms with Crippen LogP contribution in [0.15, 0.2) is 33.7 Å². The summed E-state index contributed by atoms with van der Waals surface area (Å²) in [4.78, 5) is 40.2. The maximum Gasteiger partial charge on any atom is 0.325 e. The number of rotatable bonds is 6. The highest BCUT2D eigenvalue weighted by Crippen LogP contribution is 2.19. The first-order valence-electron chi connectivity index (χ1n) is 7.81. The predicted octanol–water partition coefficient (Wildman–Crippen LogP) is 1.34. The number of fused-ring (bicyclic) bond motifs is 1. The van der Waals surface area contributed by atoms with E-state index in [0.717, 1.165) is 5.01 Å². The van der Waals surface area contributed by atoms with Crippen molar-refractivity contribution in [2.24, 2.45) is 0 Å². The van der Waals surface area contributed by atoms with Gasteiger partial charge in [0.15, 0.2) is 5.76 Å². The molecular weight excluding hydrogens is 360 g/mol. The lowest BCUT2D eigenvalue weighted by molar-refractivity contribution is -0.143. The number of aromatic nitrogens is 3.